The van der Waals surface area contributed by atoms with Gasteiger partial charge in [0.15, 0.2) is 0 Å². The molecule has 2 heterocycles. The van der Waals surface area contributed by atoms with Gasteiger partial charge in [-0.25, -0.2) is 9.37 Å². The van der Waals surface area contributed by atoms with Crippen molar-refractivity contribution in [1.82, 2.24) is 10.3 Å². The van der Waals surface area contributed by atoms with Gasteiger partial charge in [0.2, 0.25) is 0 Å². The average Bonchev–Trinajstić information content (AvgIpc) is 2.59. The first kappa shape index (κ1) is 18.6. The lowest BCUT2D eigenvalue weighted by Crippen LogP contribution is -2.45. The highest BCUT2D eigenvalue weighted by Gasteiger charge is 2.23. The van der Waals surface area contributed by atoms with Gasteiger partial charge in [0.25, 0.3) is 5.91 Å². The van der Waals surface area contributed by atoms with Crippen LogP contribution in [0.15, 0.2) is 36.5 Å². The monoisotopic (exact) mass is 377 g/mol. The number of rotatable bonds is 4. The lowest BCUT2D eigenvalue weighted by molar-refractivity contribution is -0.00546. The molecule has 1 saturated heterocycles. The Morgan fingerprint density at radius 2 is 2.04 bits per heavy atom. The Hall–Kier alpha value is -2.18. The van der Waals surface area contributed by atoms with Crippen molar-refractivity contribution in [2.45, 2.75) is 32.6 Å². The zero-order chi connectivity index (χ0) is 18.7. The van der Waals surface area contributed by atoms with Crippen LogP contribution >= 0.6 is 11.6 Å². The van der Waals surface area contributed by atoms with Crippen molar-refractivity contribution in [1.29, 1.82) is 0 Å². The van der Waals surface area contributed by atoms with Crippen molar-refractivity contribution in [3.63, 3.8) is 0 Å². The third-order valence-electron chi connectivity index (χ3n) is 4.18. The Kier molecular flexibility index (Phi) is 5.74. The van der Waals surface area contributed by atoms with Gasteiger partial charge in [-0.3, -0.25) is 4.79 Å². The smallest absolute Gasteiger partial charge is 0.253 e. The maximum absolute atomic E-state index is 13.1. The van der Waals surface area contributed by atoms with Gasteiger partial charge < -0.3 is 15.0 Å². The summed E-state index contributed by atoms with van der Waals surface area (Å²) >= 11 is 5.91. The Labute approximate surface area is 157 Å². The van der Waals surface area contributed by atoms with Gasteiger partial charge in [-0.05, 0) is 43.7 Å². The van der Waals surface area contributed by atoms with Gasteiger partial charge in [0, 0.05) is 25.8 Å². The van der Waals surface area contributed by atoms with Crippen LogP contribution in [0.4, 0.5) is 10.2 Å². The Morgan fingerprint density at radius 3 is 2.65 bits per heavy atom. The fourth-order valence-electron chi connectivity index (χ4n) is 3.02. The summed E-state index contributed by atoms with van der Waals surface area (Å²) in [4.78, 5) is 18.9. The molecule has 0 radical (unpaired) electrons. The van der Waals surface area contributed by atoms with Gasteiger partial charge in [0.05, 0.1) is 22.8 Å². The molecule has 26 heavy (non-hydrogen) atoms. The minimum atomic E-state index is -0.474. The maximum atomic E-state index is 13.1. The molecule has 1 aliphatic heterocycles. The van der Waals surface area contributed by atoms with Gasteiger partial charge in [0.1, 0.15) is 11.6 Å². The average molecular weight is 378 g/mol. The molecule has 1 fully saturated rings. The van der Waals surface area contributed by atoms with Crippen LogP contribution in [0.5, 0.6) is 0 Å². The minimum absolute atomic E-state index is 0.0894. The second kappa shape index (κ2) is 8.01. The molecule has 1 aromatic heterocycles. The molecule has 0 aliphatic carbocycles. The van der Waals surface area contributed by atoms with E-state index in [0.717, 1.165) is 30.5 Å². The predicted molar refractivity (Wildman–Crippen MR) is 99.0 cm³/mol. The molecule has 5 nitrogen and oxygen atoms in total. The molecular formula is C19H21ClFN3O2. The van der Waals surface area contributed by atoms with E-state index in [1.165, 1.54) is 12.1 Å². The number of hydrogen-bond donors (Lipinski definition) is 1. The molecule has 0 spiro atoms. The quantitative estimate of drug-likeness (QED) is 0.887. The summed E-state index contributed by atoms with van der Waals surface area (Å²) in [6, 6.07) is 7.57. The number of hydrogen-bond acceptors (Lipinski definition) is 4. The third kappa shape index (κ3) is 4.51. The molecule has 138 valence electrons. The van der Waals surface area contributed by atoms with Crippen molar-refractivity contribution in [3.05, 3.63) is 58.5 Å². The summed E-state index contributed by atoms with van der Waals surface area (Å²) < 4.78 is 18.8. The molecule has 2 unspecified atom stereocenters. The van der Waals surface area contributed by atoms with Crippen LogP contribution in [0.3, 0.4) is 0 Å². The molecule has 1 amide bonds. The van der Waals surface area contributed by atoms with Crippen LogP contribution in [-0.2, 0) is 11.3 Å². The topological polar surface area (TPSA) is 54.5 Å². The number of morpholine rings is 1. The van der Waals surface area contributed by atoms with Crippen LogP contribution in [0, 0.1) is 5.82 Å². The van der Waals surface area contributed by atoms with Gasteiger partial charge >= 0.3 is 0 Å². The van der Waals surface area contributed by atoms with E-state index in [1.54, 1.807) is 6.20 Å². The number of anilines is 1. The zero-order valence-corrected chi connectivity index (χ0v) is 15.5. The number of amides is 1. The van der Waals surface area contributed by atoms with Crippen LogP contribution < -0.4 is 10.2 Å². The predicted octanol–water partition coefficient (Wildman–Crippen LogP) is 3.42. The van der Waals surface area contributed by atoms with Crippen molar-refractivity contribution in [2.75, 3.05) is 18.0 Å². The number of pyridine rings is 1. The van der Waals surface area contributed by atoms with E-state index in [2.05, 4.69) is 15.2 Å². The number of carbonyl (C=O) groups excluding carboxylic acids is 1. The maximum Gasteiger partial charge on any atom is 0.253 e. The second-order valence-electron chi connectivity index (χ2n) is 6.49. The lowest BCUT2D eigenvalue weighted by atomic mass is 10.2. The van der Waals surface area contributed by atoms with Crippen molar-refractivity contribution < 1.29 is 13.9 Å². The van der Waals surface area contributed by atoms with Crippen LogP contribution in [0.2, 0.25) is 5.02 Å². The molecule has 2 atom stereocenters. The first-order valence-corrected chi connectivity index (χ1v) is 8.89. The fourth-order valence-corrected chi connectivity index (χ4v) is 3.28. The summed E-state index contributed by atoms with van der Waals surface area (Å²) in [5, 5.41) is 2.86. The van der Waals surface area contributed by atoms with E-state index in [9.17, 15) is 9.18 Å². The van der Waals surface area contributed by atoms with Crippen LogP contribution in [0.25, 0.3) is 0 Å². The minimum Gasteiger partial charge on any atom is -0.372 e. The summed E-state index contributed by atoms with van der Waals surface area (Å²) in [5.41, 5.74) is 1.11. The van der Waals surface area contributed by atoms with Crippen molar-refractivity contribution in [3.8, 4) is 0 Å². The number of halogens is 2. The largest absolute Gasteiger partial charge is 0.372 e. The number of ether oxygens (including phenoxy) is 1. The molecule has 0 bridgehead atoms. The van der Waals surface area contributed by atoms with Crippen molar-refractivity contribution in [2.24, 2.45) is 0 Å². The molecule has 0 saturated carbocycles. The molecule has 1 aliphatic rings. The second-order valence-corrected chi connectivity index (χ2v) is 6.90. The fraction of sp³-hybridized carbons (Fsp3) is 0.368. The summed E-state index contributed by atoms with van der Waals surface area (Å²) in [6.07, 6.45) is 2.08. The van der Waals surface area contributed by atoms with E-state index in [-0.39, 0.29) is 28.7 Å². The van der Waals surface area contributed by atoms with Gasteiger partial charge in [-0.15, -0.1) is 0 Å². The SMILES string of the molecule is CC1CN(c2ccc(CNC(=O)c3ccc(F)cc3Cl)cn2)CC(C)O1. The highest BCUT2D eigenvalue weighted by molar-refractivity contribution is 6.33. The van der Waals surface area contributed by atoms with Crippen molar-refractivity contribution >= 4 is 23.3 Å². The Balaban J connectivity index is 1.60. The Bertz CT molecular complexity index is 775. The molecular weight excluding hydrogens is 357 g/mol. The van der Waals surface area contributed by atoms with E-state index in [1.807, 2.05) is 26.0 Å². The van der Waals surface area contributed by atoms with Crippen LogP contribution in [0.1, 0.15) is 29.8 Å². The van der Waals surface area contributed by atoms with E-state index < -0.39 is 5.82 Å². The molecule has 1 N–H and O–H groups in total. The first-order chi connectivity index (χ1) is 12.4. The summed E-state index contributed by atoms with van der Waals surface area (Å²) in [7, 11) is 0. The highest BCUT2D eigenvalue weighted by atomic mass is 35.5. The van der Waals surface area contributed by atoms with Gasteiger partial charge in [-0.2, -0.15) is 0 Å². The summed E-state index contributed by atoms with van der Waals surface area (Å²) in [5.74, 6) is 0.0663. The zero-order valence-electron chi connectivity index (χ0n) is 14.7. The lowest BCUT2D eigenvalue weighted by Gasteiger charge is -2.36. The van der Waals surface area contributed by atoms with E-state index in [0.29, 0.717) is 6.54 Å². The molecule has 2 aromatic rings. The standard InChI is InChI=1S/C19H21ClFN3O2/c1-12-10-24(11-13(2)26-12)18-6-3-14(8-22-18)9-23-19(25)16-5-4-15(21)7-17(16)20/h3-8,12-13H,9-11H2,1-2H3,(H,23,25). The number of nitrogens with zero attached hydrogens (tertiary/aromatic N) is 2. The number of carbonyl (C=O) groups is 1. The number of nitrogens with one attached hydrogen (secondary N) is 1. The summed E-state index contributed by atoms with van der Waals surface area (Å²) in [6.45, 7) is 6.02. The molecule has 7 heteroatoms. The van der Waals surface area contributed by atoms with E-state index >= 15 is 0 Å². The normalized spacial score (nSPS) is 20.1. The molecule has 1 aromatic carbocycles. The van der Waals surface area contributed by atoms with Crippen LogP contribution in [-0.4, -0.2) is 36.2 Å². The Morgan fingerprint density at radius 1 is 1.31 bits per heavy atom. The number of aromatic nitrogens is 1. The first-order valence-electron chi connectivity index (χ1n) is 8.51. The third-order valence-corrected chi connectivity index (χ3v) is 4.49. The van der Waals surface area contributed by atoms with E-state index in [4.69, 9.17) is 16.3 Å². The number of benzene rings is 1. The van der Waals surface area contributed by atoms with Gasteiger partial charge in [-0.1, -0.05) is 17.7 Å². The highest BCUT2D eigenvalue weighted by Crippen LogP contribution is 2.19. The molecule has 3 rings (SSSR count).